The van der Waals surface area contributed by atoms with Crippen molar-refractivity contribution in [2.45, 2.75) is 6.54 Å². The molecule has 5 nitrogen and oxygen atoms in total. The molecule has 0 aliphatic rings. The minimum absolute atomic E-state index is 0.189. The zero-order valence-corrected chi connectivity index (χ0v) is 14.3. The molecule has 1 aromatic carbocycles. The first-order valence-electron chi connectivity index (χ1n) is 7.64. The molecule has 0 aliphatic carbocycles. The molecule has 6 heteroatoms. The molecule has 2 aromatic heterocycles. The lowest BCUT2D eigenvalue weighted by atomic mass is 10.2. The van der Waals surface area contributed by atoms with Crippen LogP contribution in [0.4, 0.5) is 5.82 Å². The molecule has 1 amide bonds. The summed E-state index contributed by atoms with van der Waals surface area (Å²) >= 11 is 1.48. The van der Waals surface area contributed by atoms with Gasteiger partial charge in [0, 0.05) is 4.88 Å². The fraction of sp³-hybridized carbons (Fsp3) is 0.0526. The van der Waals surface area contributed by atoms with Crippen molar-refractivity contribution in [3.05, 3.63) is 77.3 Å². The Hall–Kier alpha value is -3.12. The van der Waals surface area contributed by atoms with Gasteiger partial charge >= 0.3 is 0 Å². The zero-order valence-electron chi connectivity index (χ0n) is 13.4. The van der Waals surface area contributed by atoms with Gasteiger partial charge < -0.3 is 15.8 Å². The summed E-state index contributed by atoms with van der Waals surface area (Å²) in [5, 5.41) is 3.61. The predicted octanol–water partition coefficient (Wildman–Crippen LogP) is 4.09. The van der Waals surface area contributed by atoms with Crippen LogP contribution >= 0.6 is 11.3 Å². The first-order chi connectivity index (χ1) is 12.2. The van der Waals surface area contributed by atoms with E-state index in [0.29, 0.717) is 17.8 Å². The van der Waals surface area contributed by atoms with Gasteiger partial charge in [-0.2, -0.15) is 0 Å². The van der Waals surface area contributed by atoms with E-state index in [1.807, 2.05) is 42.5 Å². The highest BCUT2D eigenvalue weighted by atomic mass is 32.1. The number of nitrogen functional groups attached to an aromatic ring is 1. The van der Waals surface area contributed by atoms with E-state index in [9.17, 15) is 4.79 Å². The Kier molecular flexibility index (Phi) is 5.11. The van der Waals surface area contributed by atoms with E-state index in [4.69, 9.17) is 10.5 Å². The van der Waals surface area contributed by atoms with Crippen LogP contribution in [0.25, 0.3) is 6.08 Å². The molecule has 0 unspecified atom stereocenters. The van der Waals surface area contributed by atoms with E-state index >= 15 is 0 Å². The number of nitrogens with one attached hydrogen (secondary N) is 1. The Morgan fingerprint density at radius 3 is 2.72 bits per heavy atom. The van der Waals surface area contributed by atoms with Crippen molar-refractivity contribution in [2.24, 2.45) is 0 Å². The standard InChI is InChI=1S/C19H17N3O2S/c1-2-13-8-10-16(18(20)22-13)19(23)21-12-15-9-11-17(25-15)24-14-6-4-3-5-7-14/h2-11H,1,12H2,(H2,20,22)(H,21,23). The molecular formula is C19H17N3O2S. The Balaban J connectivity index is 1.60. The monoisotopic (exact) mass is 351 g/mol. The lowest BCUT2D eigenvalue weighted by Gasteiger charge is -2.06. The maximum absolute atomic E-state index is 12.3. The maximum atomic E-state index is 12.3. The fourth-order valence-electron chi connectivity index (χ4n) is 2.17. The Morgan fingerprint density at radius 2 is 2.00 bits per heavy atom. The third-order valence-electron chi connectivity index (χ3n) is 3.42. The van der Waals surface area contributed by atoms with Gasteiger partial charge in [0.15, 0.2) is 5.06 Å². The van der Waals surface area contributed by atoms with Crippen LogP contribution in [0.5, 0.6) is 10.8 Å². The average molecular weight is 351 g/mol. The number of carbonyl (C=O) groups is 1. The number of benzene rings is 1. The van der Waals surface area contributed by atoms with Crippen molar-refractivity contribution in [3.63, 3.8) is 0 Å². The molecule has 0 aliphatic heterocycles. The maximum Gasteiger partial charge on any atom is 0.255 e. The summed E-state index contributed by atoms with van der Waals surface area (Å²) in [6.07, 6.45) is 1.58. The summed E-state index contributed by atoms with van der Waals surface area (Å²) in [4.78, 5) is 17.3. The van der Waals surface area contributed by atoms with E-state index in [-0.39, 0.29) is 11.7 Å². The number of aromatic nitrogens is 1. The zero-order chi connectivity index (χ0) is 17.6. The van der Waals surface area contributed by atoms with Crippen LogP contribution in [-0.2, 0) is 6.54 Å². The number of nitrogens with zero attached hydrogens (tertiary/aromatic N) is 1. The lowest BCUT2D eigenvalue weighted by molar-refractivity contribution is 0.0952. The van der Waals surface area contributed by atoms with Crippen LogP contribution < -0.4 is 15.8 Å². The molecule has 2 heterocycles. The lowest BCUT2D eigenvalue weighted by Crippen LogP contribution is -2.23. The largest absolute Gasteiger partial charge is 0.447 e. The van der Waals surface area contributed by atoms with Gasteiger partial charge in [-0.3, -0.25) is 4.79 Å². The quantitative estimate of drug-likeness (QED) is 0.701. The van der Waals surface area contributed by atoms with Crippen LogP contribution in [0.2, 0.25) is 0 Å². The number of hydrogen-bond acceptors (Lipinski definition) is 5. The molecule has 0 spiro atoms. The molecule has 0 saturated carbocycles. The highest BCUT2D eigenvalue weighted by Crippen LogP contribution is 2.29. The van der Waals surface area contributed by atoms with Gasteiger partial charge in [0.2, 0.25) is 0 Å². The molecule has 0 saturated heterocycles. The van der Waals surface area contributed by atoms with E-state index < -0.39 is 0 Å². The SMILES string of the molecule is C=Cc1ccc(C(=O)NCc2ccc(Oc3ccccc3)s2)c(N)n1. The summed E-state index contributed by atoms with van der Waals surface area (Å²) in [5.41, 5.74) is 6.80. The molecule has 0 fully saturated rings. The van der Waals surface area contributed by atoms with Gasteiger partial charge in [-0.05, 0) is 42.5 Å². The number of thiophene rings is 1. The minimum Gasteiger partial charge on any atom is -0.447 e. The van der Waals surface area contributed by atoms with Gasteiger partial charge in [0.25, 0.3) is 5.91 Å². The number of anilines is 1. The second-order valence-electron chi connectivity index (χ2n) is 5.19. The summed E-state index contributed by atoms with van der Waals surface area (Å²) in [6, 6.07) is 16.7. The van der Waals surface area contributed by atoms with Crippen molar-refractivity contribution < 1.29 is 9.53 Å². The second-order valence-corrected chi connectivity index (χ2v) is 6.32. The molecule has 126 valence electrons. The number of para-hydroxylation sites is 1. The number of ether oxygens (including phenoxy) is 1. The van der Waals surface area contributed by atoms with Gasteiger partial charge in [-0.25, -0.2) is 4.98 Å². The van der Waals surface area contributed by atoms with Crippen LogP contribution in [0.15, 0.2) is 61.2 Å². The summed E-state index contributed by atoms with van der Waals surface area (Å²) < 4.78 is 5.76. The number of rotatable bonds is 6. The van der Waals surface area contributed by atoms with Gasteiger partial charge in [-0.1, -0.05) is 24.8 Å². The average Bonchev–Trinajstić information content (AvgIpc) is 3.07. The summed E-state index contributed by atoms with van der Waals surface area (Å²) in [7, 11) is 0. The smallest absolute Gasteiger partial charge is 0.255 e. The normalized spacial score (nSPS) is 10.2. The van der Waals surface area contributed by atoms with Crippen LogP contribution in [0.3, 0.4) is 0 Å². The first kappa shape index (κ1) is 16.7. The van der Waals surface area contributed by atoms with Crippen LogP contribution in [0, 0.1) is 0 Å². The Bertz CT molecular complexity index is 891. The minimum atomic E-state index is -0.264. The molecular weight excluding hydrogens is 334 g/mol. The molecule has 0 atom stereocenters. The molecule has 0 bridgehead atoms. The van der Waals surface area contributed by atoms with E-state index in [1.54, 1.807) is 18.2 Å². The Labute approximate surface area is 149 Å². The topological polar surface area (TPSA) is 77.2 Å². The summed E-state index contributed by atoms with van der Waals surface area (Å²) in [6.45, 7) is 4.02. The number of hydrogen-bond donors (Lipinski definition) is 2. The molecule has 0 radical (unpaired) electrons. The number of pyridine rings is 1. The molecule has 3 N–H and O–H groups in total. The van der Waals surface area contributed by atoms with Crippen molar-refractivity contribution in [3.8, 4) is 10.8 Å². The summed E-state index contributed by atoms with van der Waals surface area (Å²) in [5.74, 6) is 0.704. The second kappa shape index (κ2) is 7.63. The first-order valence-corrected chi connectivity index (χ1v) is 8.46. The Morgan fingerprint density at radius 1 is 1.20 bits per heavy atom. The number of amides is 1. The highest BCUT2D eigenvalue weighted by Gasteiger charge is 2.11. The van der Waals surface area contributed by atoms with Gasteiger partial charge in [0.05, 0.1) is 17.8 Å². The van der Waals surface area contributed by atoms with E-state index in [1.165, 1.54) is 11.3 Å². The molecule has 25 heavy (non-hydrogen) atoms. The number of carbonyl (C=O) groups excluding carboxylic acids is 1. The van der Waals surface area contributed by atoms with Crippen LogP contribution in [0.1, 0.15) is 20.9 Å². The highest BCUT2D eigenvalue weighted by molar-refractivity contribution is 7.13. The third-order valence-corrected chi connectivity index (χ3v) is 4.39. The van der Waals surface area contributed by atoms with Gasteiger partial charge in [0.1, 0.15) is 11.6 Å². The van der Waals surface area contributed by atoms with Crippen molar-refractivity contribution in [1.29, 1.82) is 0 Å². The predicted molar refractivity (Wildman–Crippen MR) is 101 cm³/mol. The van der Waals surface area contributed by atoms with Crippen molar-refractivity contribution in [2.75, 3.05) is 5.73 Å². The fourth-order valence-corrected chi connectivity index (χ4v) is 2.98. The van der Waals surface area contributed by atoms with Crippen LogP contribution in [-0.4, -0.2) is 10.9 Å². The van der Waals surface area contributed by atoms with Gasteiger partial charge in [-0.15, -0.1) is 11.3 Å². The van der Waals surface area contributed by atoms with E-state index in [0.717, 1.165) is 15.7 Å². The molecule has 3 rings (SSSR count). The number of nitrogens with two attached hydrogens (primary N) is 1. The molecule has 3 aromatic rings. The van der Waals surface area contributed by atoms with Crippen molar-refractivity contribution >= 4 is 29.1 Å². The third kappa shape index (κ3) is 4.24. The van der Waals surface area contributed by atoms with Crippen molar-refractivity contribution in [1.82, 2.24) is 10.3 Å². The van der Waals surface area contributed by atoms with E-state index in [2.05, 4.69) is 16.9 Å².